The van der Waals surface area contributed by atoms with Gasteiger partial charge in [-0.1, -0.05) is 12.1 Å². The number of carbonyl (C=O) groups excluding carboxylic acids is 1. The number of sulfone groups is 1. The molecule has 1 atom stereocenters. The van der Waals surface area contributed by atoms with Gasteiger partial charge in [-0.15, -0.1) is 0 Å². The van der Waals surface area contributed by atoms with Gasteiger partial charge in [0.05, 0.1) is 16.4 Å². The molecule has 1 aromatic rings. The summed E-state index contributed by atoms with van der Waals surface area (Å²) in [6.45, 7) is 1.93. The monoisotopic (exact) mass is 374 g/mol. The quantitative estimate of drug-likeness (QED) is 0.765. The van der Waals surface area contributed by atoms with E-state index in [0.717, 1.165) is 9.87 Å². The summed E-state index contributed by atoms with van der Waals surface area (Å²) < 4.78 is 49.5. The first kappa shape index (κ1) is 18.9. The average molecular weight is 374 g/mol. The third-order valence-corrected chi connectivity index (χ3v) is 7.79. The van der Waals surface area contributed by atoms with Gasteiger partial charge in [0.2, 0.25) is 15.9 Å². The van der Waals surface area contributed by atoms with Gasteiger partial charge in [-0.2, -0.15) is 4.31 Å². The Morgan fingerprint density at radius 2 is 1.92 bits per heavy atom. The lowest BCUT2D eigenvalue weighted by atomic mass is 10.1. The molecule has 0 bridgehead atoms. The molecule has 2 rings (SSSR count). The van der Waals surface area contributed by atoms with E-state index in [2.05, 4.69) is 5.32 Å². The Labute approximate surface area is 143 Å². The van der Waals surface area contributed by atoms with Crippen molar-refractivity contribution in [3.8, 4) is 0 Å². The highest BCUT2D eigenvalue weighted by Crippen LogP contribution is 2.23. The van der Waals surface area contributed by atoms with E-state index in [1.165, 1.54) is 26.1 Å². The van der Waals surface area contributed by atoms with Crippen molar-refractivity contribution < 1.29 is 21.6 Å². The molecule has 9 heteroatoms. The SMILES string of the molecule is CC(=O)NCCc1ccc(S(=O)(=O)N(C)[C@@H]2CCS(=O)(=O)C2)cc1. The van der Waals surface area contributed by atoms with Crippen LogP contribution in [0.1, 0.15) is 18.9 Å². The van der Waals surface area contributed by atoms with E-state index in [0.29, 0.717) is 19.4 Å². The summed E-state index contributed by atoms with van der Waals surface area (Å²) in [5, 5.41) is 2.68. The molecule has 1 aliphatic rings. The molecule has 7 nitrogen and oxygen atoms in total. The van der Waals surface area contributed by atoms with Crippen LogP contribution in [0.4, 0.5) is 0 Å². The third-order valence-electron chi connectivity index (χ3n) is 4.11. The number of carbonyl (C=O) groups is 1. The largest absolute Gasteiger partial charge is 0.356 e. The van der Waals surface area contributed by atoms with Crippen LogP contribution in [0.3, 0.4) is 0 Å². The summed E-state index contributed by atoms with van der Waals surface area (Å²) in [6, 6.07) is 5.91. The number of hydrogen-bond donors (Lipinski definition) is 1. The van der Waals surface area contributed by atoms with Gasteiger partial charge in [0.1, 0.15) is 0 Å². The number of nitrogens with one attached hydrogen (secondary N) is 1. The van der Waals surface area contributed by atoms with Crippen LogP contribution in [0.5, 0.6) is 0 Å². The average Bonchev–Trinajstić information content (AvgIpc) is 2.86. The maximum Gasteiger partial charge on any atom is 0.243 e. The maximum absolute atomic E-state index is 12.6. The molecular formula is C15H22N2O5S2. The van der Waals surface area contributed by atoms with Gasteiger partial charge >= 0.3 is 0 Å². The van der Waals surface area contributed by atoms with Crippen LogP contribution in [0.15, 0.2) is 29.2 Å². The zero-order valence-corrected chi connectivity index (χ0v) is 15.4. The van der Waals surface area contributed by atoms with Gasteiger partial charge in [0.25, 0.3) is 0 Å². The van der Waals surface area contributed by atoms with Crippen molar-refractivity contribution in [1.29, 1.82) is 0 Å². The number of nitrogens with zero attached hydrogens (tertiary/aromatic N) is 1. The van der Waals surface area contributed by atoms with E-state index >= 15 is 0 Å². The van der Waals surface area contributed by atoms with E-state index in [9.17, 15) is 21.6 Å². The number of amides is 1. The van der Waals surface area contributed by atoms with E-state index in [-0.39, 0.29) is 22.3 Å². The van der Waals surface area contributed by atoms with E-state index in [4.69, 9.17) is 0 Å². The summed E-state index contributed by atoms with van der Waals surface area (Å²) in [6.07, 6.45) is 0.934. The van der Waals surface area contributed by atoms with Crippen LogP contribution in [0.2, 0.25) is 0 Å². The summed E-state index contributed by atoms with van der Waals surface area (Å²) in [7, 11) is -5.45. The molecule has 0 aliphatic carbocycles. The van der Waals surface area contributed by atoms with Crippen LogP contribution in [0, 0.1) is 0 Å². The molecular weight excluding hydrogens is 352 g/mol. The fourth-order valence-corrected chi connectivity index (χ4v) is 5.89. The molecule has 0 aromatic heterocycles. The van der Waals surface area contributed by atoms with Crippen molar-refractivity contribution in [2.45, 2.75) is 30.7 Å². The second kappa shape index (κ2) is 7.20. The van der Waals surface area contributed by atoms with Crippen molar-refractivity contribution in [1.82, 2.24) is 9.62 Å². The Kier molecular flexibility index (Phi) is 5.67. The molecule has 1 heterocycles. The Bertz CT molecular complexity index is 801. The molecule has 1 aromatic carbocycles. The summed E-state index contributed by atoms with van der Waals surface area (Å²) in [5.74, 6) is -0.209. The lowest BCUT2D eigenvalue weighted by molar-refractivity contribution is -0.118. The van der Waals surface area contributed by atoms with Gasteiger partial charge in [-0.3, -0.25) is 4.79 Å². The summed E-state index contributed by atoms with van der Waals surface area (Å²) in [5.41, 5.74) is 0.911. The molecule has 24 heavy (non-hydrogen) atoms. The molecule has 0 saturated carbocycles. The first-order valence-electron chi connectivity index (χ1n) is 7.64. The lowest BCUT2D eigenvalue weighted by Crippen LogP contribution is -2.37. The summed E-state index contributed by atoms with van der Waals surface area (Å²) >= 11 is 0. The normalized spacial score (nSPS) is 20.2. The molecule has 1 N–H and O–H groups in total. The zero-order valence-electron chi connectivity index (χ0n) is 13.7. The van der Waals surface area contributed by atoms with Gasteiger partial charge < -0.3 is 5.32 Å². The highest BCUT2D eigenvalue weighted by molar-refractivity contribution is 7.92. The molecule has 0 spiro atoms. The predicted molar refractivity (Wildman–Crippen MR) is 90.8 cm³/mol. The second-order valence-corrected chi connectivity index (χ2v) is 10.2. The first-order chi connectivity index (χ1) is 11.1. The van der Waals surface area contributed by atoms with Crippen LogP contribution >= 0.6 is 0 Å². The number of hydrogen-bond acceptors (Lipinski definition) is 5. The van der Waals surface area contributed by atoms with Crippen LogP contribution in [-0.2, 0) is 31.1 Å². The highest BCUT2D eigenvalue weighted by atomic mass is 32.2. The molecule has 0 radical (unpaired) electrons. The minimum atomic E-state index is -3.72. The third kappa shape index (κ3) is 4.55. The molecule has 1 fully saturated rings. The second-order valence-electron chi connectivity index (χ2n) is 5.96. The van der Waals surface area contributed by atoms with Gasteiger partial charge in [-0.25, -0.2) is 16.8 Å². The fraction of sp³-hybridized carbons (Fsp3) is 0.533. The highest BCUT2D eigenvalue weighted by Gasteiger charge is 2.36. The minimum absolute atomic E-state index is 0.0274. The van der Waals surface area contributed by atoms with Crippen molar-refractivity contribution in [3.05, 3.63) is 29.8 Å². The number of benzene rings is 1. The molecule has 134 valence electrons. The smallest absolute Gasteiger partial charge is 0.243 e. The number of sulfonamides is 1. The Morgan fingerprint density at radius 1 is 1.29 bits per heavy atom. The van der Waals surface area contributed by atoms with Crippen LogP contribution < -0.4 is 5.32 Å². The van der Waals surface area contributed by atoms with Crippen molar-refractivity contribution in [2.75, 3.05) is 25.1 Å². The topological polar surface area (TPSA) is 101 Å². The molecule has 1 saturated heterocycles. The maximum atomic E-state index is 12.6. The van der Waals surface area contributed by atoms with E-state index < -0.39 is 25.9 Å². The van der Waals surface area contributed by atoms with E-state index in [1.807, 2.05) is 0 Å². The first-order valence-corrected chi connectivity index (χ1v) is 10.9. The van der Waals surface area contributed by atoms with Crippen molar-refractivity contribution in [3.63, 3.8) is 0 Å². The van der Waals surface area contributed by atoms with Crippen molar-refractivity contribution >= 4 is 25.8 Å². The van der Waals surface area contributed by atoms with Gasteiger partial charge in [0.15, 0.2) is 9.84 Å². The zero-order chi connectivity index (χ0) is 18.0. The van der Waals surface area contributed by atoms with Crippen LogP contribution in [-0.4, -0.2) is 58.2 Å². The number of rotatable bonds is 6. The molecule has 1 amide bonds. The van der Waals surface area contributed by atoms with Gasteiger partial charge in [0, 0.05) is 26.6 Å². The Hall–Kier alpha value is -1.45. The fourth-order valence-electron chi connectivity index (χ4n) is 2.64. The van der Waals surface area contributed by atoms with E-state index in [1.54, 1.807) is 12.1 Å². The Morgan fingerprint density at radius 3 is 2.42 bits per heavy atom. The van der Waals surface area contributed by atoms with Gasteiger partial charge in [-0.05, 0) is 30.5 Å². The standard InChI is InChI=1S/C15H22N2O5S2/c1-12(18)16-9-7-13-3-5-15(6-4-13)24(21,22)17(2)14-8-10-23(19,20)11-14/h3-6,14H,7-11H2,1-2H3,(H,16,18)/t14-/m1/s1. The molecule has 0 unspecified atom stereocenters. The van der Waals surface area contributed by atoms with Crippen LogP contribution in [0.25, 0.3) is 0 Å². The predicted octanol–water partition coefficient (Wildman–Crippen LogP) is 0.173. The van der Waals surface area contributed by atoms with Crippen molar-refractivity contribution in [2.24, 2.45) is 0 Å². The Balaban J connectivity index is 2.07. The lowest BCUT2D eigenvalue weighted by Gasteiger charge is -2.22. The molecule has 1 aliphatic heterocycles. The summed E-state index contributed by atoms with van der Waals surface area (Å²) in [4.78, 5) is 11.0. The minimum Gasteiger partial charge on any atom is -0.356 e.